The first-order chi connectivity index (χ1) is 8.63. The average molecular weight is 258 g/mol. The minimum atomic E-state index is 0.723. The summed E-state index contributed by atoms with van der Waals surface area (Å²) in [4.78, 5) is 0. The number of rotatable bonds is 3. The molecule has 18 heavy (non-hydrogen) atoms. The first-order valence-electron chi connectivity index (χ1n) is 6.28. The summed E-state index contributed by atoms with van der Waals surface area (Å²) in [5.41, 5.74) is 5.78. The molecule has 94 valence electrons. The second kappa shape index (κ2) is 5.44. The molecule has 0 saturated carbocycles. The molecule has 0 atom stereocenters. The molecule has 3 heteroatoms. The van der Waals surface area contributed by atoms with E-state index >= 15 is 0 Å². The van der Waals surface area contributed by atoms with Crippen LogP contribution in [0.4, 0.5) is 0 Å². The van der Waals surface area contributed by atoms with Crippen LogP contribution in [0.5, 0.6) is 0 Å². The van der Waals surface area contributed by atoms with Gasteiger partial charge in [-0.05, 0) is 43.0 Å². The van der Waals surface area contributed by atoms with Gasteiger partial charge in [0.15, 0.2) is 0 Å². The van der Waals surface area contributed by atoms with E-state index in [0.29, 0.717) is 0 Å². The van der Waals surface area contributed by atoms with Gasteiger partial charge in [0, 0.05) is 5.56 Å². The highest BCUT2D eigenvalue weighted by Crippen LogP contribution is 2.23. The van der Waals surface area contributed by atoms with Crippen molar-refractivity contribution in [1.29, 1.82) is 0 Å². The van der Waals surface area contributed by atoms with Gasteiger partial charge >= 0.3 is 0 Å². The molecule has 1 aromatic heterocycles. The summed E-state index contributed by atoms with van der Waals surface area (Å²) in [5.74, 6) is 0. The standard InChI is InChI=1S/C15H18N2S/c1-4-6-12-7-5-8-13(9-12)14-10(2)11(3)15(18)17-16-14/h5,7-9H,4,6H2,1-3H3,(H,17,18). The van der Waals surface area contributed by atoms with E-state index in [-0.39, 0.29) is 0 Å². The highest BCUT2D eigenvalue weighted by Gasteiger charge is 2.07. The van der Waals surface area contributed by atoms with E-state index in [0.717, 1.165) is 39.9 Å². The fraction of sp³-hybridized carbons (Fsp3) is 0.333. The van der Waals surface area contributed by atoms with Gasteiger partial charge in [-0.1, -0.05) is 43.8 Å². The van der Waals surface area contributed by atoms with Crippen LogP contribution in [0.3, 0.4) is 0 Å². The summed E-state index contributed by atoms with van der Waals surface area (Å²) >= 11 is 5.20. The zero-order valence-corrected chi connectivity index (χ0v) is 11.9. The van der Waals surface area contributed by atoms with Crippen molar-refractivity contribution in [2.45, 2.75) is 33.6 Å². The number of nitrogens with one attached hydrogen (secondary N) is 1. The number of aryl methyl sites for hydroxylation is 1. The molecule has 0 aliphatic rings. The normalized spacial score (nSPS) is 10.6. The molecule has 0 bridgehead atoms. The molecule has 1 heterocycles. The minimum Gasteiger partial charge on any atom is -0.267 e. The summed E-state index contributed by atoms with van der Waals surface area (Å²) in [7, 11) is 0. The molecular weight excluding hydrogens is 240 g/mol. The lowest BCUT2D eigenvalue weighted by atomic mass is 10.0. The fourth-order valence-corrected chi connectivity index (χ4v) is 2.26. The maximum Gasteiger partial charge on any atom is 0.122 e. The number of aromatic nitrogens is 2. The molecule has 0 aliphatic heterocycles. The van der Waals surface area contributed by atoms with E-state index in [4.69, 9.17) is 12.2 Å². The Hall–Kier alpha value is -1.48. The smallest absolute Gasteiger partial charge is 0.122 e. The quantitative estimate of drug-likeness (QED) is 0.828. The molecule has 1 N–H and O–H groups in total. The fourth-order valence-electron chi connectivity index (χ4n) is 2.07. The van der Waals surface area contributed by atoms with Gasteiger partial charge in [-0.15, -0.1) is 0 Å². The number of hydrogen-bond acceptors (Lipinski definition) is 2. The maximum atomic E-state index is 5.20. The Kier molecular flexibility index (Phi) is 3.92. The van der Waals surface area contributed by atoms with E-state index in [1.54, 1.807) is 0 Å². The highest BCUT2D eigenvalue weighted by atomic mass is 32.1. The maximum absolute atomic E-state index is 5.20. The Morgan fingerprint density at radius 2 is 2.00 bits per heavy atom. The van der Waals surface area contributed by atoms with Crippen molar-refractivity contribution in [3.8, 4) is 11.3 Å². The molecule has 1 aromatic carbocycles. The van der Waals surface area contributed by atoms with Crippen molar-refractivity contribution in [3.05, 3.63) is 45.6 Å². The van der Waals surface area contributed by atoms with Crippen LogP contribution < -0.4 is 0 Å². The summed E-state index contributed by atoms with van der Waals surface area (Å²) in [6, 6.07) is 8.58. The number of hydrogen-bond donors (Lipinski definition) is 1. The van der Waals surface area contributed by atoms with Gasteiger partial charge in [0.05, 0.1) is 5.69 Å². The van der Waals surface area contributed by atoms with Crippen LogP contribution in [0, 0.1) is 18.5 Å². The van der Waals surface area contributed by atoms with Crippen LogP contribution in [0.2, 0.25) is 0 Å². The van der Waals surface area contributed by atoms with E-state index in [2.05, 4.69) is 48.3 Å². The lowest BCUT2D eigenvalue weighted by Gasteiger charge is -2.09. The van der Waals surface area contributed by atoms with E-state index < -0.39 is 0 Å². The van der Waals surface area contributed by atoms with E-state index in [1.165, 1.54) is 5.56 Å². The second-order valence-electron chi connectivity index (χ2n) is 4.60. The van der Waals surface area contributed by atoms with Crippen LogP contribution in [0.25, 0.3) is 11.3 Å². The van der Waals surface area contributed by atoms with Crippen LogP contribution in [0.1, 0.15) is 30.0 Å². The Bertz CT molecular complexity index is 614. The summed E-state index contributed by atoms with van der Waals surface area (Å²) in [6.45, 7) is 6.31. The third kappa shape index (κ3) is 2.51. The zero-order valence-electron chi connectivity index (χ0n) is 11.1. The first-order valence-corrected chi connectivity index (χ1v) is 6.69. The Morgan fingerprint density at radius 3 is 2.72 bits per heavy atom. The Labute approximate surface area is 113 Å². The molecule has 0 radical (unpaired) electrons. The van der Waals surface area contributed by atoms with Gasteiger partial charge in [-0.25, -0.2) is 0 Å². The van der Waals surface area contributed by atoms with Gasteiger partial charge in [-0.2, -0.15) is 5.10 Å². The molecule has 0 spiro atoms. The zero-order chi connectivity index (χ0) is 13.1. The molecule has 0 saturated heterocycles. The summed E-state index contributed by atoms with van der Waals surface area (Å²) < 4.78 is 0.723. The van der Waals surface area contributed by atoms with E-state index in [9.17, 15) is 0 Å². The van der Waals surface area contributed by atoms with Crippen LogP contribution in [-0.2, 0) is 6.42 Å². The lowest BCUT2D eigenvalue weighted by molar-refractivity contribution is 0.921. The molecule has 2 aromatic rings. The van der Waals surface area contributed by atoms with Gasteiger partial charge in [0.2, 0.25) is 0 Å². The largest absolute Gasteiger partial charge is 0.267 e. The molecule has 2 nitrogen and oxygen atoms in total. The van der Waals surface area contributed by atoms with Crippen molar-refractivity contribution < 1.29 is 0 Å². The van der Waals surface area contributed by atoms with Crippen molar-refractivity contribution >= 4 is 12.2 Å². The molecule has 0 aliphatic carbocycles. The number of aromatic amines is 1. The second-order valence-corrected chi connectivity index (χ2v) is 5.01. The van der Waals surface area contributed by atoms with Gasteiger partial charge < -0.3 is 0 Å². The predicted molar refractivity (Wildman–Crippen MR) is 78.3 cm³/mol. The Balaban J connectivity index is 2.52. The number of nitrogens with zero attached hydrogens (tertiary/aromatic N) is 1. The monoisotopic (exact) mass is 258 g/mol. The highest BCUT2D eigenvalue weighted by molar-refractivity contribution is 7.71. The molecule has 2 rings (SSSR count). The van der Waals surface area contributed by atoms with Crippen LogP contribution >= 0.6 is 12.2 Å². The molecular formula is C15H18N2S. The van der Waals surface area contributed by atoms with Crippen molar-refractivity contribution in [2.24, 2.45) is 0 Å². The van der Waals surface area contributed by atoms with Crippen LogP contribution in [0.15, 0.2) is 24.3 Å². The lowest BCUT2D eigenvalue weighted by Crippen LogP contribution is -1.97. The van der Waals surface area contributed by atoms with Gasteiger partial charge in [0.1, 0.15) is 4.64 Å². The molecule has 0 amide bonds. The topological polar surface area (TPSA) is 28.7 Å². The summed E-state index contributed by atoms with van der Waals surface area (Å²) in [6.07, 6.45) is 2.26. The summed E-state index contributed by atoms with van der Waals surface area (Å²) in [5, 5.41) is 7.30. The van der Waals surface area contributed by atoms with Crippen molar-refractivity contribution in [2.75, 3.05) is 0 Å². The van der Waals surface area contributed by atoms with Crippen LogP contribution in [-0.4, -0.2) is 10.2 Å². The van der Waals surface area contributed by atoms with E-state index in [1.807, 2.05) is 6.92 Å². The third-order valence-corrected chi connectivity index (χ3v) is 3.66. The van der Waals surface area contributed by atoms with Gasteiger partial charge in [0.25, 0.3) is 0 Å². The SMILES string of the molecule is CCCc1cccc(-c2n[nH]c(=S)c(C)c2C)c1. The number of H-pyrrole nitrogens is 1. The van der Waals surface area contributed by atoms with Crippen molar-refractivity contribution in [3.63, 3.8) is 0 Å². The number of benzene rings is 1. The minimum absolute atomic E-state index is 0.723. The molecule has 0 fully saturated rings. The average Bonchev–Trinajstić information content (AvgIpc) is 2.37. The predicted octanol–water partition coefficient (Wildman–Crippen LogP) is 4.38. The van der Waals surface area contributed by atoms with Gasteiger partial charge in [-0.3, -0.25) is 5.10 Å². The molecule has 0 unspecified atom stereocenters. The Morgan fingerprint density at radius 1 is 1.22 bits per heavy atom. The third-order valence-electron chi connectivity index (χ3n) is 3.27. The first kappa shape index (κ1) is 13.0. The van der Waals surface area contributed by atoms with Crippen molar-refractivity contribution in [1.82, 2.24) is 10.2 Å².